The molecule has 0 radical (unpaired) electrons. The molecule has 0 aromatic heterocycles. The highest BCUT2D eigenvalue weighted by atomic mass is 16.5. The molecule has 0 spiro atoms. The Labute approximate surface area is 113 Å². The third-order valence-corrected chi connectivity index (χ3v) is 3.54. The molecule has 1 aromatic carbocycles. The van der Waals surface area contributed by atoms with Crippen LogP contribution in [0.3, 0.4) is 0 Å². The van der Waals surface area contributed by atoms with Crippen molar-refractivity contribution in [3.63, 3.8) is 0 Å². The predicted octanol–water partition coefficient (Wildman–Crippen LogP) is 1.31. The van der Waals surface area contributed by atoms with Crippen LogP contribution < -0.4 is 20.5 Å². The van der Waals surface area contributed by atoms with Crippen LogP contribution in [0.4, 0.5) is 0 Å². The molecule has 1 aliphatic rings. The maximum absolute atomic E-state index is 12.4. The fraction of sp³-hybridized carbons (Fsp3) is 0.500. The number of amides is 1. The van der Waals surface area contributed by atoms with Crippen molar-refractivity contribution >= 4 is 5.91 Å². The predicted molar refractivity (Wildman–Crippen MR) is 72.6 cm³/mol. The topological polar surface area (TPSA) is 73.6 Å². The molecule has 5 heteroatoms. The zero-order valence-electron chi connectivity index (χ0n) is 11.3. The lowest BCUT2D eigenvalue weighted by atomic mass is 10.1. The van der Waals surface area contributed by atoms with Crippen LogP contribution >= 0.6 is 0 Å². The van der Waals surface area contributed by atoms with Gasteiger partial charge in [-0.25, -0.2) is 0 Å². The van der Waals surface area contributed by atoms with Gasteiger partial charge in [0.05, 0.1) is 14.2 Å². The second kappa shape index (κ2) is 5.93. The largest absolute Gasteiger partial charge is 0.496 e. The fourth-order valence-electron chi connectivity index (χ4n) is 2.48. The number of carbonyl (C=O) groups excluding carboxylic acids is 1. The maximum Gasteiger partial charge on any atom is 0.259 e. The van der Waals surface area contributed by atoms with E-state index in [1.54, 1.807) is 18.2 Å². The van der Waals surface area contributed by atoms with Crippen LogP contribution in [0, 0.1) is 0 Å². The number of carbonyl (C=O) groups is 1. The molecule has 19 heavy (non-hydrogen) atoms. The van der Waals surface area contributed by atoms with Crippen molar-refractivity contribution < 1.29 is 14.3 Å². The third kappa shape index (κ3) is 2.81. The Balaban J connectivity index is 2.22. The van der Waals surface area contributed by atoms with E-state index in [4.69, 9.17) is 15.2 Å². The summed E-state index contributed by atoms with van der Waals surface area (Å²) in [6, 6.07) is 5.33. The van der Waals surface area contributed by atoms with Gasteiger partial charge in [-0.05, 0) is 31.4 Å². The van der Waals surface area contributed by atoms with Crippen molar-refractivity contribution in [3.8, 4) is 11.5 Å². The van der Waals surface area contributed by atoms with Crippen LogP contribution in [-0.4, -0.2) is 32.2 Å². The summed E-state index contributed by atoms with van der Waals surface area (Å²) in [5.74, 6) is 0.809. The van der Waals surface area contributed by atoms with Gasteiger partial charge in [0.1, 0.15) is 17.1 Å². The van der Waals surface area contributed by atoms with Gasteiger partial charge in [0.25, 0.3) is 5.91 Å². The molecule has 1 aliphatic carbocycles. The summed E-state index contributed by atoms with van der Waals surface area (Å²) >= 11 is 0. The quantitative estimate of drug-likeness (QED) is 0.860. The second-order valence-electron chi connectivity index (χ2n) is 4.71. The first-order valence-electron chi connectivity index (χ1n) is 6.44. The molecule has 0 unspecified atom stereocenters. The highest BCUT2D eigenvalue weighted by Gasteiger charge is 2.27. The van der Waals surface area contributed by atoms with E-state index in [2.05, 4.69) is 5.32 Å². The van der Waals surface area contributed by atoms with E-state index in [0.29, 0.717) is 17.1 Å². The summed E-state index contributed by atoms with van der Waals surface area (Å²) < 4.78 is 10.5. The number of ether oxygens (including phenoxy) is 2. The monoisotopic (exact) mass is 264 g/mol. The molecule has 3 N–H and O–H groups in total. The van der Waals surface area contributed by atoms with Crippen LogP contribution in [0.1, 0.15) is 29.6 Å². The molecule has 1 fully saturated rings. The van der Waals surface area contributed by atoms with Gasteiger partial charge >= 0.3 is 0 Å². The van der Waals surface area contributed by atoms with Crippen LogP contribution in [-0.2, 0) is 0 Å². The highest BCUT2D eigenvalue weighted by molar-refractivity contribution is 6.00. The molecule has 0 heterocycles. The van der Waals surface area contributed by atoms with Gasteiger partial charge in [-0.1, -0.05) is 6.07 Å². The Bertz CT molecular complexity index is 440. The van der Waals surface area contributed by atoms with Gasteiger partial charge in [-0.3, -0.25) is 4.79 Å². The first kappa shape index (κ1) is 13.7. The number of hydrogen-bond donors (Lipinski definition) is 2. The number of benzene rings is 1. The molecule has 0 aliphatic heterocycles. The van der Waals surface area contributed by atoms with Crippen LogP contribution in [0.5, 0.6) is 11.5 Å². The van der Waals surface area contributed by atoms with Gasteiger partial charge in [0.2, 0.25) is 0 Å². The number of nitrogens with one attached hydrogen (secondary N) is 1. The standard InChI is InChI=1S/C14H20N2O3/c1-18-11-7-4-8-12(19-2)13(11)14(17)16-10-6-3-5-9(10)15/h4,7-10H,3,5-6,15H2,1-2H3,(H,16,17)/t9-,10+/m0/s1. The summed E-state index contributed by atoms with van der Waals surface area (Å²) in [6.45, 7) is 0. The molecular weight excluding hydrogens is 244 g/mol. The van der Waals surface area contributed by atoms with E-state index in [9.17, 15) is 4.79 Å². The average Bonchev–Trinajstić information content (AvgIpc) is 2.83. The first-order valence-corrected chi connectivity index (χ1v) is 6.44. The lowest BCUT2D eigenvalue weighted by Crippen LogP contribution is -2.44. The zero-order valence-corrected chi connectivity index (χ0v) is 11.3. The van der Waals surface area contributed by atoms with Crippen LogP contribution in [0.2, 0.25) is 0 Å². The van der Waals surface area contributed by atoms with Crippen molar-refractivity contribution in [2.75, 3.05) is 14.2 Å². The lowest BCUT2D eigenvalue weighted by Gasteiger charge is -2.19. The lowest BCUT2D eigenvalue weighted by molar-refractivity contribution is 0.0928. The van der Waals surface area contributed by atoms with E-state index >= 15 is 0 Å². The highest BCUT2D eigenvalue weighted by Crippen LogP contribution is 2.28. The van der Waals surface area contributed by atoms with E-state index in [1.807, 2.05) is 0 Å². The maximum atomic E-state index is 12.4. The summed E-state index contributed by atoms with van der Waals surface area (Å²) in [7, 11) is 3.07. The van der Waals surface area contributed by atoms with Crippen molar-refractivity contribution in [2.24, 2.45) is 5.73 Å². The van der Waals surface area contributed by atoms with Gasteiger partial charge in [0.15, 0.2) is 0 Å². The van der Waals surface area contributed by atoms with Crippen molar-refractivity contribution in [2.45, 2.75) is 31.3 Å². The molecular formula is C14H20N2O3. The van der Waals surface area contributed by atoms with Crippen molar-refractivity contribution in [1.29, 1.82) is 0 Å². The van der Waals surface area contributed by atoms with E-state index in [-0.39, 0.29) is 18.0 Å². The van der Waals surface area contributed by atoms with Gasteiger partial charge in [-0.2, -0.15) is 0 Å². The smallest absolute Gasteiger partial charge is 0.259 e. The van der Waals surface area contributed by atoms with E-state index in [1.165, 1.54) is 14.2 Å². The minimum absolute atomic E-state index is 0.0297. The zero-order chi connectivity index (χ0) is 13.8. The van der Waals surface area contributed by atoms with Gasteiger partial charge in [0, 0.05) is 12.1 Å². The van der Waals surface area contributed by atoms with Crippen molar-refractivity contribution in [3.05, 3.63) is 23.8 Å². The Hall–Kier alpha value is -1.75. The molecule has 2 atom stereocenters. The average molecular weight is 264 g/mol. The van der Waals surface area contributed by atoms with Crippen molar-refractivity contribution in [1.82, 2.24) is 5.32 Å². The summed E-state index contributed by atoms with van der Waals surface area (Å²) in [5.41, 5.74) is 6.39. The Morgan fingerprint density at radius 1 is 1.26 bits per heavy atom. The molecule has 5 nitrogen and oxygen atoms in total. The Morgan fingerprint density at radius 2 is 1.89 bits per heavy atom. The molecule has 0 saturated heterocycles. The molecule has 0 bridgehead atoms. The SMILES string of the molecule is COc1cccc(OC)c1C(=O)N[C@@H]1CCC[C@@H]1N. The normalized spacial score (nSPS) is 22.1. The fourth-order valence-corrected chi connectivity index (χ4v) is 2.48. The number of methoxy groups -OCH3 is 2. The summed E-state index contributed by atoms with van der Waals surface area (Å²) in [4.78, 5) is 12.4. The van der Waals surface area contributed by atoms with Gasteiger partial charge < -0.3 is 20.5 Å². The molecule has 1 amide bonds. The number of rotatable bonds is 4. The number of nitrogens with two attached hydrogens (primary N) is 1. The van der Waals surface area contributed by atoms with E-state index < -0.39 is 0 Å². The minimum Gasteiger partial charge on any atom is -0.496 e. The Morgan fingerprint density at radius 3 is 2.37 bits per heavy atom. The molecule has 1 aromatic rings. The third-order valence-electron chi connectivity index (χ3n) is 3.54. The molecule has 104 valence electrons. The molecule has 2 rings (SSSR count). The van der Waals surface area contributed by atoms with Crippen LogP contribution in [0.15, 0.2) is 18.2 Å². The first-order chi connectivity index (χ1) is 9.17. The number of hydrogen-bond acceptors (Lipinski definition) is 4. The minimum atomic E-state index is -0.198. The second-order valence-corrected chi connectivity index (χ2v) is 4.71. The Kier molecular flexibility index (Phi) is 4.27. The summed E-state index contributed by atoms with van der Waals surface area (Å²) in [5, 5.41) is 2.97. The van der Waals surface area contributed by atoms with Gasteiger partial charge in [-0.15, -0.1) is 0 Å². The summed E-state index contributed by atoms with van der Waals surface area (Å²) in [6.07, 6.45) is 2.92. The van der Waals surface area contributed by atoms with Crippen LogP contribution in [0.25, 0.3) is 0 Å². The molecule has 1 saturated carbocycles. The van der Waals surface area contributed by atoms with E-state index in [0.717, 1.165) is 19.3 Å².